The molecule has 0 atom stereocenters. The van der Waals surface area contributed by atoms with Crippen LogP contribution in [-0.2, 0) is 11.3 Å². The van der Waals surface area contributed by atoms with Gasteiger partial charge < -0.3 is 10.5 Å². The molecule has 0 unspecified atom stereocenters. The molecule has 3 rings (SSSR count). The molecule has 1 aliphatic rings. The maximum Gasteiger partial charge on any atom is 0.181 e. The van der Waals surface area contributed by atoms with Gasteiger partial charge in [-0.05, 0) is 43.0 Å². The molecule has 2 heterocycles. The predicted octanol–water partition coefficient (Wildman–Crippen LogP) is 1.95. The van der Waals surface area contributed by atoms with E-state index >= 15 is 0 Å². The number of hydrogen-bond acceptors (Lipinski definition) is 4. The molecule has 2 N–H and O–H groups in total. The largest absolute Gasteiger partial charge is 0.399 e. The van der Waals surface area contributed by atoms with Gasteiger partial charge in [0, 0.05) is 31.0 Å². The van der Waals surface area contributed by atoms with Crippen LogP contribution in [-0.4, -0.2) is 28.0 Å². The number of nitrogens with two attached hydrogens (primary N) is 1. The molecular formula is C14H18N4O. The summed E-state index contributed by atoms with van der Waals surface area (Å²) < 4.78 is 7.30. The van der Waals surface area contributed by atoms with E-state index in [2.05, 4.69) is 10.1 Å². The molecule has 0 bridgehead atoms. The summed E-state index contributed by atoms with van der Waals surface area (Å²) in [5.74, 6) is 1.40. The number of aromatic nitrogens is 3. The van der Waals surface area contributed by atoms with Crippen molar-refractivity contribution in [2.75, 3.05) is 18.9 Å². The molecule has 0 spiro atoms. The highest BCUT2D eigenvalue weighted by atomic mass is 16.5. The summed E-state index contributed by atoms with van der Waals surface area (Å²) in [5.41, 5.74) is 7.43. The summed E-state index contributed by atoms with van der Waals surface area (Å²) in [4.78, 5) is 4.36. The van der Waals surface area contributed by atoms with E-state index in [1.807, 2.05) is 28.9 Å². The number of benzene rings is 1. The van der Waals surface area contributed by atoms with Crippen LogP contribution < -0.4 is 5.73 Å². The standard InChI is InChI=1S/C14H18N4O/c15-13-3-1-12(2-4-13)14-16-10-18(17-14)9-11-5-7-19-8-6-11/h1-4,10-11H,5-9,15H2. The van der Waals surface area contributed by atoms with Crippen molar-refractivity contribution in [1.82, 2.24) is 14.8 Å². The van der Waals surface area contributed by atoms with Crippen molar-refractivity contribution in [2.24, 2.45) is 5.92 Å². The molecule has 0 radical (unpaired) electrons. The van der Waals surface area contributed by atoms with Crippen LogP contribution in [0.2, 0.25) is 0 Å². The Morgan fingerprint density at radius 3 is 2.68 bits per heavy atom. The van der Waals surface area contributed by atoms with Crippen LogP contribution >= 0.6 is 0 Å². The highest BCUT2D eigenvalue weighted by Gasteiger charge is 2.15. The van der Waals surface area contributed by atoms with E-state index in [0.717, 1.165) is 49.7 Å². The van der Waals surface area contributed by atoms with E-state index in [1.165, 1.54) is 0 Å². The van der Waals surface area contributed by atoms with Crippen LogP contribution in [0.1, 0.15) is 12.8 Å². The van der Waals surface area contributed by atoms with Gasteiger partial charge >= 0.3 is 0 Å². The minimum Gasteiger partial charge on any atom is -0.399 e. The van der Waals surface area contributed by atoms with E-state index in [9.17, 15) is 0 Å². The lowest BCUT2D eigenvalue weighted by Gasteiger charge is -2.21. The molecule has 5 nitrogen and oxygen atoms in total. The molecule has 0 amide bonds. The fourth-order valence-electron chi connectivity index (χ4n) is 2.34. The lowest BCUT2D eigenvalue weighted by molar-refractivity contribution is 0.0601. The number of hydrogen-bond donors (Lipinski definition) is 1. The Morgan fingerprint density at radius 2 is 1.95 bits per heavy atom. The maximum atomic E-state index is 5.68. The zero-order valence-electron chi connectivity index (χ0n) is 10.8. The number of ether oxygens (including phenoxy) is 1. The molecule has 19 heavy (non-hydrogen) atoms. The van der Waals surface area contributed by atoms with Gasteiger partial charge in [-0.15, -0.1) is 0 Å². The highest BCUT2D eigenvalue weighted by molar-refractivity contribution is 5.57. The molecular weight excluding hydrogens is 240 g/mol. The third kappa shape index (κ3) is 2.93. The molecule has 100 valence electrons. The van der Waals surface area contributed by atoms with E-state index in [4.69, 9.17) is 10.5 Å². The second kappa shape index (κ2) is 5.40. The SMILES string of the molecule is Nc1ccc(-c2ncn(CC3CCOCC3)n2)cc1. The second-order valence-corrected chi connectivity index (χ2v) is 4.97. The van der Waals surface area contributed by atoms with Gasteiger partial charge in [0.1, 0.15) is 6.33 Å². The normalized spacial score (nSPS) is 16.6. The zero-order valence-corrected chi connectivity index (χ0v) is 10.8. The Hall–Kier alpha value is -1.88. The van der Waals surface area contributed by atoms with Gasteiger partial charge in [0.25, 0.3) is 0 Å². The summed E-state index contributed by atoms with van der Waals surface area (Å²) in [7, 11) is 0. The zero-order chi connectivity index (χ0) is 13.1. The first-order valence-corrected chi connectivity index (χ1v) is 6.64. The van der Waals surface area contributed by atoms with Crippen LogP contribution in [0.4, 0.5) is 5.69 Å². The van der Waals surface area contributed by atoms with Crippen LogP contribution in [0.15, 0.2) is 30.6 Å². The highest BCUT2D eigenvalue weighted by Crippen LogP contribution is 2.19. The van der Waals surface area contributed by atoms with Crippen molar-refractivity contribution >= 4 is 5.69 Å². The van der Waals surface area contributed by atoms with Gasteiger partial charge in [0.2, 0.25) is 0 Å². The first-order valence-electron chi connectivity index (χ1n) is 6.64. The predicted molar refractivity (Wildman–Crippen MR) is 73.4 cm³/mol. The molecule has 1 fully saturated rings. The van der Waals surface area contributed by atoms with Crippen molar-refractivity contribution in [1.29, 1.82) is 0 Å². The van der Waals surface area contributed by atoms with Crippen LogP contribution in [0.25, 0.3) is 11.4 Å². The quantitative estimate of drug-likeness (QED) is 0.855. The molecule has 0 aliphatic carbocycles. The van der Waals surface area contributed by atoms with Crippen molar-refractivity contribution in [3.8, 4) is 11.4 Å². The van der Waals surface area contributed by atoms with Gasteiger partial charge in [-0.3, -0.25) is 4.68 Å². The van der Waals surface area contributed by atoms with E-state index in [0.29, 0.717) is 5.92 Å². The van der Waals surface area contributed by atoms with Gasteiger partial charge in [-0.2, -0.15) is 5.10 Å². The third-order valence-electron chi connectivity index (χ3n) is 3.49. The molecule has 5 heteroatoms. The van der Waals surface area contributed by atoms with Crippen LogP contribution in [0, 0.1) is 5.92 Å². The minimum absolute atomic E-state index is 0.648. The Balaban J connectivity index is 1.70. The van der Waals surface area contributed by atoms with E-state index in [-0.39, 0.29) is 0 Å². The number of rotatable bonds is 3. The number of nitrogen functional groups attached to an aromatic ring is 1. The first kappa shape index (κ1) is 12.2. The van der Waals surface area contributed by atoms with Gasteiger partial charge in [-0.1, -0.05) is 0 Å². The maximum absolute atomic E-state index is 5.68. The molecule has 2 aromatic rings. The second-order valence-electron chi connectivity index (χ2n) is 4.97. The first-order chi connectivity index (χ1) is 9.31. The lowest BCUT2D eigenvalue weighted by Crippen LogP contribution is -2.20. The Kier molecular flexibility index (Phi) is 3.46. The third-order valence-corrected chi connectivity index (χ3v) is 3.49. The van der Waals surface area contributed by atoms with Gasteiger partial charge in [0.15, 0.2) is 5.82 Å². The van der Waals surface area contributed by atoms with Crippen molar-refractivity contribution in [3.05, 3.63) is 30.6 Å². The van der Waals surface area contributed by atoms with Gasteiger partial charge in [-0.25, -0.2) is 4.98 Å². The molecule has 0 saturated carbocycles. The van der Waals surface area contributed by atoms with E-state index < -0.39 is 0 Å². The summed E-state index contributed by atoms with van der Waals surface area (Å²) in [6.45, 7) is 2.65. The van der Waals surface area contributed by atoms with Gasteiger partial charge in [0.05, 0.1) is 0 Å². The number of nitrogens with zero attached hydrogens (tertiary/aromatic N) is 3. The van der Waals surface area contributed by atoms with Crippen LogP contribution in [0.3, 0.4) is 0 Å². The molecule has 1 aromatic heterocycles. The minimum atomic E-state index is 0.648. The molecule has 1 aromatic carbocycles. The lowest BCUT2D eigenvalue weighted by atomic mass is 10.0. The monoisotopic (exact) mass is 258 g/mol. The smallest absolute Gasteiger partial charge is 0.181 e. The Labute approximate surface area is 112 Å². The van der Waals surface area contributed by atoms with Crippen molar-refractivity contribution in [2.45, 2.75) is 19.4 Å². The Morgan fingerprint density at radius 1 is 1.21 bits per heavy atom. The Bertz CT molecular complexity index is 529. The summed E-state index contributed by atoms with van der Waals surface area (Å²) >= 11 is 0. The van der Waals surface area contributed by atoms with Crippen LogP contribution in [0.5, 0.6) is 0 Å². The van der Waals surface area contributed by atoms with Crippen molar-refractivity contribution in [3.63, 3.8) is 0 Å². The fraction of sp³-hybridized carbons (Fsp3) is 0.429. The average Bonchev–Trinajstić information content (AvgIpc) is 2.89. The fourth-order valence-corrected chi connectivity index (χ4v) is 2.34. The topological polar surface area (TPSA) is 66.0 Å². The summed E-state index contributed by atoms with van der Waals surface area (Å²) in [6.07, 6.45) is 4.02. The molecule has 1 aliphatic heterocycles. The van der Waals surface area contributed by atoms with Crippen molar-refractivity contribution < 1.29 is 4.74 Å². The average molecular weight is 258 g/mol. The summed E-state index contributed by atoms with van der Waals surface area (Å²) in [5, 5.41) is 4.53. The number of anilines is 1. The summed E-state index contributed by atoms with van der Waals surface area (Å²) in [6, 6.07) is 7.63. The van der Waals surface area contributed by atoms with E-state index in [1.54, 1.807) is 6.33 Å². The molecule has 1 saturated heterocycles.